The van der Waals surface area contributed by atoms with Crippen LogP contribution in [0.5, 0.6) is 11.5 Å². The summed E-state index contributed by atoms with van der Waals surface area (Å²) in [6, 6.07) is 4.48. The predicted molar refractivity (Wildman–Crippen MR) is 65.8 cm³/mol. The van der Waals surface area contributed by atoms with Crippen molar-refractivity contribution in [3.63, 3.8) is 0 Å². The molecule has 1 aromatic rings. The van der Waals surface area contributed by atoms with Crippen molar-refractivity contribution < 1.29 is 23.0 Å². The molecule has 1 aromatic carbocycles. The number of ether oxygens (including phenoxy) is 2. The van der Waals surface area contributed by atoms with Gasteiger partial charge < -0.3 is 14.8 Å². The molecule has 1 saturated heterocycles. The van der Waals surface area contributed by atoms with Crippen LogP contribution in [0.2, 0.25) is 0 Å². The van der Waals surface area contributed by atoms with E-state index in [-0.39, 0.29) is 13.3 Å². The number of hydrogen-bond donors (Lipinski definition) is 2. The van der Waals surface area contributed by atoms with Gasteiger partial charge in [0.25, 0.3) is 5.92 Å². The van der Waals surface area contributed by atoms with Crippen molar-refractivity contribution in [2.75, 3.05) is 13.3 Å². The molecule has 1 amide bonds. The van der Waals surface area contributed by atoms with Gasteiger partial charge in [0.2, 0.25) is 12.7 Å². The molecule has 108 valence electrons. The highest BCUT2D eigenvalue weighted by atomic mass is 19.3. The third-order valence-electron chi connectivity index (χ3n) is 3.33. The van der Waals surface area contributed by atoms with Gasteiger partial charge in [-0.15, -0.1) is 0 Å². The molecule has 7 heteroatoms. The third-order valence-corrected chi connectivity index (χ3v) is 3.33. The molecule has 2 aliphatic rings. The van der Waals surface area contributed by atoms with Crippen molar-refractivity contribution in [2.24, 2.45) is 0 Å². The van der Waals surface area contributed by atoms with E-state index >= 15 is 0 Å². The minimum Gasteiger partial charge on any atom is -0.454 e. The van der Waals surface area contributed by atoms with Crippen LogP contribution in [0.4, 0.5) is 8.78 Å². The van der Waals surface area contributed by atoms with E-state index in [9.17, 15) is 13.6 Å². The second-order valence-corrected chi connectivity index (χ2v) is 4.90. The van der Waals surface area contributed by atoms with Crippen LogP contribution in [0.3, 0.4) is 0 Å². The molecule has 3 rings (SSSR count). The molecule has 20 heavy (non-hydrogen) atoms. The Morgan fingerprint density at radius 2 is 2.20 bits per heavy atom. The van der Waals surface area contributed by atoms with Gasteiger partial charge >= 0.3 is 0 Å². The van der Waals surface area contributed by atoms with E-state index < -0.39 is 30.8 Å². The number of fused-ring (bicyclic) bond motifs is 1. The molecule has 2 aliphatic heterocycles. The highest BCUT2D eigenvalue weighted by Crippen LogP contribution is 2.32. The number of halogens is 2. The molecular weight excluding hydrogens is 270 g/mol. The second-order valence-electron chi connectivity index (χ2n) is 4.90. The van der Waals surface area contributed by atoms with Crippen molar-refractivity contribution in [1.82, 2.24) is 10.6 Å². The van der Waals surface area contributed by atoms with Crippen LogP contribution in [0.25, 0.3) is 0 Å². The molecule has 2 heterocycles. The van der Waals surface area contributed by atoms with Gasteiger partial charge in [-0.3, -0.25) is 10.1 Å². The Bertz CT molecular complexity index is 536. The molecule has 0 saturated carbocycles. The molecule has 0 aromatic heterocycles. The zero-order chi connectivity index (χ0) is 14.2. The molecule has 0 bridgehead atoms. The summed E-state index contributed by atoms with van der Waals surface area (Å²) in [5.41, 5.74) is 0.826. The van der Waals surface area contributed by atoms with Gasteiger partial charge in [0.1, 0.15) is 0 Å². The highest BCUT2D eigenvalue weighted by molar-refractivity contribution is 5.82. The molecule has 5 nitrogen and oxygen atoms in total. The molecule has 0 aliphatic carbocycles. The first-order chi connectivity index (χ1) is 9.53. The lowest BCUT2D eigenvalue weighted by Crippen LogP contribution is -2.40. The maximum atomic E-state index is 13.0. The van der Waals surface area contributed by atoms with E-state index in [0.717, 1.165) is 5.56 Å². The molecular formula is C13H14F2N2O3. The Hall–Kier alpha value is -1.89. The van der Waals surface area contributed by atoms with Crippen molar-refractivity contribution in [3.8, 4) is 11.5 Å². The van der Waals surface area contributed by atoms with E-state index in [4.69, 9.17) is 9.47 Å². The summed E-state index contributed by atoms with van der Waals surface area (Å²) < 4.78 is 36.4. The fourth-order valence-electron chi connectivity index (χ4n) is 2.26. The molecule has 1 atom stereocenters. The first kappa shape index (κ1) is 13.1. The van der Waals surface area contributed by atoms with Gasteiger partial charge in [-0.25, -0.2) is 8.78 Å². The van der Waals surface area contributed by atoms with Crippen LogP contribution in [-0.2, 0) is 11.3 Å². The number of nitrogens with one attached hydrogen (secondary N) is 2. The number of amides is 1. The Morgan fingerprint density at radius 3 is 2.95 bits per heavy atom. The minimum atomic E-state index is -2.80. The average molecular weight is 284 g/mol. The Balaban J connectivity index is 1.56. The van der Waals surface area contributed by atoms with Crippen molar-refractivity contribution in [3.05, 3.63) is 23.8 Å². The van der Waals surface area contributed by atoms with Gasteiger partial charge in [-0.05, 0) is 17.7 Å². The van der Waals surface area contributed by atoms with Gasteiger partial charge in [0, 0.05) is 13.0 Å². The zero-order valence-electron chi connectivity index (χ0n) is 10.6. The number of carbonyl (C=O) groups is 1. The third kappa shape index (κ3) is 2.67. The summed E-state index contributed by atoms with van der Waals surface area (Å²) in [4.78, 5) is 11.8. The minimum absolute atomic E-state index is 0.187. The summed E-state index contributed by atoms with van der Waals surface area (Å²) in [7, 11) is 0. The van der Waals surface area contributed by atoms with Crippen LogP contribution in [0.1, 0.15) is 12.0 Å². The lowest BCUT2D eigenvalue weighted by Gasteiger charge is -2.11. The quantitative estimate of drug-likeness (QED) is 0.870. The standard InChI is InChI=1S/C13H14F2N2O3/c14-13(15)4-9(17-6-13)12(18)16-5-8-1-2-10-11(3-8)20-7-19-10/h1-3,9,17H,4-7H2,(H,16,18). The van der Waals surface area contributed by atoms with Crippen molar-refractivity contribution in [1.29, 1.82) is 0 Å². The number of hydrogen-bond acceptors (Lipinski definition) is 4. The van der Waals surface area contributed by atoms with Gasteiger partial charge in [0.05, 0.1) is 12.6 Å². The summed E-state index contributed by atoms with van der Waals surface area (Å²) in [6.45, 7) is 0.000553. The maximum absolute atomic E-state index is 13.0. The monoisotopic (exact) mass is 284 g/mol. The average Bonchev–Trinajstić information content (AvgIpc) is 3.01. The molecule has 1 fully saturated rings. The molecule has 0 spiro atoms. The Labute approximate surface area is 114 Å². The van der Waals surface area contributed by atoms with Crippen LogP contribution >= 0.6 is 0 Å². The number of carbonyl (C=O) groups excluding carboxylic acids is 1. The van der Waals surface area contributed by atoms with E-state index in [2.05, 4.69) is 10.6 Å². The van der Waals surface area contributed by atoms with Gasteiger partial charge in [0.15, 0.2) is 11.5 Å². The topological polar surface area (TPSA) is 59.6 Å². The predicted octanol–water partition coefficient (Wildman–Crippen LogP) is 1.03. The summed E-state index contributed by atoms with van der Waals surface area (Å²) in [6.07, 6.45) is -0.458. The van der Waals surface area contributed by atoms with E-state index in [1.54, 1.807) is 18.2 Å². The van der Waals surface area contributed by atoms with Crippen LogP contribution in [-0.4, -0.2) is 31.2 Å². The fourth-order valence-corrected chi connectivity index (χ4v) is 2.26. The summed E-state index contributed by atoms with van der Waals surface area (Å²) in [5.74, 6) is -1.93. The molecule has 1 unspecified atom stereocenters. The normalized spacial score (nSPS) is 22.8. The van der Waals surface area contributed by atoms with Crippen LogP contribution < -0.4 is 20.1 Å². The van der Waals surface area contributed by atoms with Gasteiger partial charge in [-0.2, -0.15) is 0 Å². The lowest BCUT2D eigenvalue weighted by molar-refractivity contribution is -0.123. The highest BCUT2D eigenvalue weighted by Gasteiger charge is 2.42. The zero-order valence-corrected chi connectivity index (χ0v) is 10.6. The Morgan fingerprint density at radius 1 is 1.40 bits per heavy atom. The van der Waals surface area contributed by atoms with Crippen molar-refractivity contribution in [2.45, 2.75) is 24.9 Å². The Kier molecular flexibility index (Phi) is 3.21. The SMILES string of the molecule is O=C(NCc1ccc2c(c1)OCO2)C1CC(F)(F)CN1. The lowest BCUT2D eigenvalue weighted by atomic mass is 10.1. The van der Waals surface area contributed by atoms with E-state index in [1.807, 2.05) is 0 Å². The number of alkyl halides is 2. The molecule has 0 radical (unpaired) electrons. The van der Waals surface area contributed by atoms with Crippen molar-refractivity contribution >= 4 is 5.91 Å². The van der Waals surface area contributed by atoms with Gasteiger partial charge in [-0.1, -0.05) is 6.07 Å². The number of benzene rings is 1. The first-order valence-corrected chi connectivity index (χ1v) is 6.31. The largest absolute Gasteiger partial charge is 0.454 e. The molecule has 2 N–H and O–H groups in total. The maximum Gasteiger partial charge on any atom is 0.262 e. The number of rotatable bonds is 3. The van der Waals surface area contributed by atoms with Crippen LogP contribution in [0, 0.1) is 0 Å². The smallest absolute Gasteiger partial charge is 0.262 e. The fraction of sp³-hybridized carbons (Fsp3) is 0.462. The van der Waals surface area contributed by atoms with E-state index in [1.165, 1.54) is 0 Å². The summed E-state index contributed by atoms with van der Waals surface area (Å²) in [5, 5.41) is 5.16. The van der Waals surface area contributed by atoms with E-state index in [0.29, 0.717) is 11.5 Å². The second kappa shape index (κ2) is 4.90. The first-order valence-electron chi connectivity index (χ1n) is 6.31. The summed E-state index contributed by atoms with van der Waals surface area (Å²) >= 11 is 0. The van der Waals surface area contributed by atoms with Crippen LogP contribution in [0.15, 0.2) is 18.2 Å².